The standard InChI is InChI=1S/C21H30N2O5/c1-6-13-27-16(3)20(24)22-18-8-10-19(11-9-18)23(12-15-26-5)21(25)17(4)28-14-7-2/h6-11,16-17H,1-2,12-15H2,3-5H3,(H,22,24). The molecule has 1 aromatic carbocycles. The lowest BCUT2D eigenvalue weighted by Gasteiger charge is -2.26. The number of methoxy groups -OCH3 is 1. The predicted molar refractivity (Wildman–Crippen MR) is 111 cm³/mol. The molecule has 1 rings (SSSR count). The normalized spacial score (nSPS) is 12.7. The van der Waals surface area contributed by atoms with Crippen molar-refractivity contribution in [3.8, 4) is 0 Å². The van der Waals surface area contributed by atoms with Crippen LogP contribution in [0.3, 0.4) is 0 Å². The van der Waals surface area contributed by atoms with Crippen molar-refractivity contribution in [3.05, 3.63) is 49.6 Å². The maximum atomic E-state index is 12.7. The van der Waals surface area contributed by atoms with E-state index in [-0.39, 0.29) is 11.8 Å². The number of hydrogen-bond acceptors (Lipinski definition) is 5. The number of ether oxygens (including phenoxy) is 3. The van der Waals surface area contributed by atoms with Gasteiger partial charge in [0.05, 0.1) is 19.8 Å². The average Bonchev–Trinajstić information content (AvgIpc) is 2.71. The first-order valence-electron chi connectivity index (χ1n) is 9.10. The first-order valence-corrected chi connectivity index (χ1v) is 9.10. The Bertz CT molecular complexity index is 645. The summed E-state index contributed by atoms with van der Waals surface area (Å²) < 4.78 is 15.9. The van der Waals surface area contributed by atoms with Gasteiger partial charge in [0.15, 0.2) is 0 Å². The third kappa shape index (κ3) is 7.64. The second-order valence-corrected chi connectivity index (χ2v) is 6.05. The number of benzene rings is 1. The minimum Gasteiger partial charge on any atom is -0.383 e. The van der Waals surface area contributed by atoms with Crippen LogP contribution in [0.2, 0.25) is 0 Å². The van der Waals surface area contributed by atoms with Crippen LogP contribution in [0.15, 0.2) is 49.6 Å². The van der Waals surface area contributed by atoms with E-state index in [1.54, 1.807) is 62.3 Å². The molecule has 7 nitrogen and oxygen atoms in total. The molecule has 0 saturated carbocycles. The fourth-order valence-corrected chi connectivity index (χ4v) is 2.31. The highest BCUT2D eigenvalue weighted by Gasteiger charge is 2.22. The first-order chi connectivity index (χ1) is 13.4. The summed E-state index contributed by atoms with van der Waals surface area (Å²) in [6.45, 7) is 11.9. The van der Waals surface area contributed by atoms with Gasteiger partial charge in [-0.2, -0.15) is 0 Å². The molecular formula is C21H30N2O5. The highest BCUT2D eigenvalue weighted by Crippen LogP contribution is 2.20. The molecule has 0 spiro atoms. The molecule has 0 aromatic heterocycles. The Balaban J connectivity index is 2.84. The Kier molecular flexibility index (Phi) is 10.8. The van der Waals surface area contributed by atoms with Crippen molar-refractivity contribution in [2.45, 2.75) is 26.1 Å². The summed E-state index contributed by atoms with van der Waals surface area (Å²) in [5, 5.41) is 2.78. The fraction of sp³-hybridized carbons (Fsp3) is 0.429. The zero-order chi connectivity index (χ0) is 20.9. The molecule has 0 aliphatic rings. The maximum absolute atomic E-state index is 12.7. The number of anilines is 2. The third-order valence-corrected chi connectivity index (χ3v) is 3.88. The molecule has 0 aliphatic heterocycles. The maximum Gasteiger partial charge on any atom is 0.255 e. The molecule has 0 fully saturated rings. The van der Waals surface area contributed by atoms with E-state index in [2.05, 4.69) is 18.5 Å². The molecule has 0 radical (unpaired) electrons. The van der Waals surface area contributed by atoms with Crippen molar-refractivity contribution in [1.29, 1.82) is 0 Å². The van der Waals surface area contributed by atoms with Crippen molar-refractivity contribution < 1.29 is 23.8 Å². The van der Waals surface area contributed by atoms with E-state index in [0.717, 1.165) is 0 Å². The number of rotatable bonds is 13. The van der Waals surface area contributed by atoms with Crippen molar-refractivity contribution in [3.63, 3.8) is 0 Å². The summed E-state index contributed by atoms with van der Waals surface area (Å²) in [6, 6.07) is 6.99. The zero-order valence-corrected chi connectivity index (χ0v) is 16.8. The summed E-state index contributed by atoms with van der Waals surface area (Å²) in [4.78, 5) is 26.4. The lowest BCUT2D eigenvalue weighted by molar-refractivity contribution is -0.128. The summed E-state index contributed by atoms with van der Waals surface area (Å²) in [5.74, 6) is -0.435. The van der Waals surface area contributed by atoms with Crippen molar-refractivity contribution in [2.75, 3.05) is 43.7 Å². The smallest absolute Gasteiger partial charge is 0.255 e. The molecule has 154 valence electrons. The lowest BCUT2D eigenvalue weighted by Crippen LogP contribution is -2.41. The Morgan fingerprint density at radius 2 is 1.64 bits per heavy atom. The van der Waals surface area contributed by atoms with E-state index in [9.17, 15) is 9.59 Å². The number of nitrogens with one attached hydrogen (secondary N) is 1. The van der Waals surface area contributed by atoms with E-state index in [4.69, 9.17) is 14.2 Å². The van der Waals surface area contributed by atoms with Crippen LogP contribution >= 0.6 is 0 Å². The number of carbonyl (C=O) groups is 2. The molecular weight excluding hydrogens is 360 g/mol. The van der Waals surface area contributed by atoms with Crippen LogP contribution in [0.4, 0.5) is 11.4 Å². The first kappa shape index (κ1) is 23.6. The largest absolute Gasteiger partial charge is 0.383 e. The fourth-order valence-electron chi connectivity index (χ4n) is 2.31. The van der Waals surface area contributed by atoms with Crippen molar-refractivity contribution >= 4 is 23.2 Å². The highest BCUT2D eigenvalue weighted by molar-refractivity contribution is 5.97. The Morgan fingerprint density at radius 3 is 2.18 bits per heavy atom. The Morgan fingerprint density at radius 1 is 1.07 bits per heavy atom. The van der Waals surface area contributed by atoms with Gasteiger partial charge in [-0.15, -0.1) is 13.2 Å². The monoisotopic (exact) mass is 390 g/mol. The third-order valence-electron chi connectivity index (χ3n) is 3.88. The molecule has 0 saturated heterocycles. The molecule has 2 amide bonds. The van der Waals surface area contributed by atoms with Crippen LogP contribution in [0.1, 0.15) is 13.8 Å². The second kappa shape index (κ2) is 12.8. The van der Waals surface area contributed by atoms with E-state index >= 15 is 0 Å². The van der Waals surface area contributed by atoms with Crippen LogP contribution in [-0.4, -0.2) is 57.5 Å². The summed E-state index contributed by atoms with van der Waals surface area (Å²) in [5.41, 5.74) is 1.29. The van der Waals surface area contributed by atoms with Gasteiger partial charge in [0.25, 0.3) is 11.8 Å². The molecule has 28 heavy (non-hydrogen) atoms. The Labute approximate surface area is 166 Å². The molecule has 0 bridgehead atoms. The zero-order valence-electron chi connectivity index (χ0n) is 16.8. The molecule has 0 aliphatic carbocycles. The molecule has 2 unspecified atom stereocenters. The molecule has 7 heteroatoms. The lowest BCUT2D eigenvalue weighted by atomic mass is 10.2. The van der Waals surface area contributed by atoms with Crippen LogP contribution in [0, 0.1) is 0 Å². The van der Waals surface area contributed by atoms with E-state index in [0.29, 0.717) is 37.7 Å². The van der Waals surface area contributed by atoms with Crippen molar-refractivity contribution in [2.24, 2.45) is 0 Å². The van der Waals surface area contributed by atoms with Crippen LogP contribution in [-0.2, 0) is 23.8 Å². The average molecular weight is 390 g/mol. The SMILES string of the molecule is C=CCOC(C)C(=O)Nc1ccc(N(CCOC)C(=O)C(C)OCC=C)cc1. The van der Waals surface area contributed by atoms with Gasteiger partial charge in [0.2, 0.25) is 0 Å². The van der Waals surface area contributed by atoms with Gasteiger partial charge < -0.3 is 24.4 Å². The van der Waals surface area contributed by atoms with Gasteiger partial charge in [-0.1, -0.05) is 12.2 Å². The van der Waals surface area contributed by atoms with E-state index in [1.807, 2.05) is 0 Å². The topological polar surface area (TPSA) is 77.1 Å². The van der Waals surface area contributed by atoms with Gasteiger partial charge in [-0.05, 0) is 38.1 Å². The molecule has 1 N–H and O–H groups in total. The summed E-state index contributed by atoms with van der Waals surface area (Å²) in [7, 11) is 1.58. The van der Waals surface area contributed by atoms with Gasteiger partial charge in [0, 0.05) is 25.0 Å². The quantitative estimate of drug-likeness (QED) is 0.524. The van der Waals surface area contributed by atoms with Gasteiger partial charge in [0.1, 0.15) is 12.2 Å². The number of nitrogens with zero attached hydrogens (tertiary/aromatic N) is 1. The molecule has 1 aromatic rings. The Hall–Kier alpha value is -2.48. The van der Waals surface area contributed by atoms with E-state index < -0.39 is 12.2 Å². The number of carbonyl (C=O) groups excluding carboxylic acids is 2. The van der Waals surface area contributed by atoms with Gasteiger partial charge in [-0.25, -0.2) is 0 Å². The predicted octanol–water partition coefficient (Wildman–Crippen LogP) is 2.79. The molecule has 0 heterocycles. The minimum atomic E-state index is -0.614. The second-order valence-electron chi connectivity index (χ2n) is 6.05. The van der Waals surface area contributed by atoms with Crippen LogP contribution in [0.25, 0.3) is 0 Å². The molecule has 2 atom stereocenters. The van der Waals surface area contributed by atoms with Crippen molar-refractivity contribution in [1.82, 2.24) is 0 Å². The summed E-state index contributed by atoms with van der Waals surface area (Å²) in [6.07, 6.45) is 1.97. The highest BCUT2D eigenvalue weighted by atomic mass is 16.5. The van der Waals surface area contributed by atoms with Crippen LogP contribution < -0.4 is 10.2 Å². The van der Waals surface area contributed by atoms with Gasteiger partial charge >= 0.3 is 0 Å². The van der Waals surface area contributed by atoms with E-state index in [1.165, 1.54) is 0 Å². The number of hydrogen-bond donors (Lipinski definition) is 1. The number of amides is 2. The van der Waals surface area contributed by atoms with Gasteiger partial charge in [-0.3, -0.25) is 9.59 Å². The summed E-state index contributed by atoms with van der Waals surface area (Å²) >= 11 is 0. The van der Waals surface area contributed by atoms with Crippen LogP contribution in [0.5, 0.6) is 0 Å². The minimum absolute atomic E-state index is 0.179.